The van der Waals surface area contributed by atoms with Gasteiger partial charge in [-0.3, -0.25) is 4.79 Å². The van der Waals surface area contributed by atoms with Gasteiger partial charge in [-0.05, 0) is 18.6 Å². The topological polar surface area (TPSA) is 75.7 Å². The number of nitrogens with zero attached hydrogens (tertiary/aromatic N) is 1. The number of nitrogens with one attached hydrogen (secondary N) is 1. The molecule has 1 aromatic carbocycles. The van der Waals surface area contributed by atoms with Crippen molar-refractivity contribution in [1.82, 2.24) is 4.31 Å². The SMILES string of the molecule is COc1cc(S(=O)(=O)N(C)C)c(C)cc1NC(C)=O. The maximum Gasteiger partial charge on any atom is 0.242 e. The van der Waals surface area contributed by atoms with Gasteiger partial charge in [-0.2, -0.15) is 0 Å². The van der Waals surface area contributed by atoms with Gasteiger partial charge in [0, 0.05) is 27.1 Å². The molecule has 7 heteroatoms. The third-order valence-electron chi connectivity index (χ3n) is 2.57. The van der Waals surface area contributed by atoms with Crippen LogP contribution in [0.2, 0.25) is 0 Å². The second-order valence-corrected chi connectivity index (χ2v) is 6.41. The van der Waals surface area contributed by atoms with E-state index in [4.69, 9.17) is 4.74 Å². The van der Waals surface area contributed by atoms with Crippen molar-refractivity contribution in [2.24, 2.45) is 0 Å². The number of sulfonamides is 1. The Bertz CT molecular complexity index is 594. The fourth-order valence-electron chi connectivity index (χ4n) is 1.60. The Morgan fingerprint density at radius 3 is 2.32 bits per heavy atom. The zero-order chi connectivity index (χ0) is 14.8. The molecule has 1 amide bonds. The Hall–Kier alpha value is -1.60. The first-order valence-electron chi connectivity index (χ1n) is 5.59. The standard InChI is InChI=1S/C12H18N2O4S/c1-8-6-10(13-9(2)15)11(18-5)7-12(8)19(16,17)14(3)4/h6-7H,1-5H3,(H,13,15). The van der Waals surface area contributed by atoms with Gasteiger partial charge < -0.3 is 10.1 Å². The summed E-state index contributed by atoms with van der Waals surface area (Å²) in [6.07, 6.45) is 0. The molecule has 0 bridgehead atoms. The quantitative estimate of drug-likeness (QED) is 0.902. The van der Waals surface area contributed by atoms with Crippen LogP contribution in [0.15, 0.2) is 17.0 Å². The fourth-order valence-corrected chi connectivity index (χ4v) is 2.72. The molecule has 0 aliphatic carbocycles. The lowest BCUT2D eigenvalue weighted by Gasteiger charge is -2.17. The maximum atomic E-state index is 12.1. The molecule has 0 spiro atoms. The summed E-state index contributed by atoms with van der Waals surface area (Å²) >= 11 is 0. The van der Waals surface area contributed by atoms with Crippen molar-refractivity contribution in [3.05, 3.63) is 17.7 Å². The van der Waals surface area contributed by atoms with Crippen LogP contribution >= 0.6 is 0 Å². The van der Waals surface area contributed by atoms with Gasteiger partial charge in [-0.15, -0.1) is 0 Å². The van der Waals surface area contributed by atoms with E-state index >= 15 is 0 Å². The van der Waals surface area contributed by atoms with Gasteiger partial charge in [0.15, 0.2) is 0 Å². The van der Waals surface area contributed by atoms with Gasteiger partial charge in [0.05, 0.1) is 17.7 Å². The number of methoxy groups -OCH3 is 1. The van der Waals surface area contributed by atoms with Crippen LogP contribution in [0.5, 0.6) is 5.75 Å². The average Bonchev–Trinajstić information content (AvgIpc) is 2.27. The molecule has 0 unspecified atom stereocenters. The number of carbonyl (C=O) groups is 1. The van der Waals surface area contributed by atoms with Crippen LogP contribution in [-0.2, 0) is 14.8 Å². The summed E-state index contributed by atoms with van der Waals surface area (Å²) in [7, 11) is 0.797. The number of anilines is 1. The highest BCUT2D eigenvalue weighted by Crippen LogP contribution is 2.31. The zero-order valence-electron chi connectivity index (χ0n) is 11.6. The molecule has 0 radical (unpaired) electrons. The molecule has 0 heterocycles. The predicted molar refractivity (Wildman–Crippen MR) is 72.9 cm³/mol. The summed E-state index contributed by atoms with van der Waals surface area (Å²) in [4.78, 5) is 11.2. The molecular weight excluding hydrogens is 268 g/mol. The van der Waals surface area contributed by atoms with E-state index in [1.54, 1.807) is 13.0 Å². The van der Waals surface area contributed by atoms with Crippen LogP contribution in [0.4, 0.5) is 5.69 Å². The van der Waals surface area contributed by atoms with Gasteiger partial charge >= 0.3 is 0 Å². The van der Waals surface area contributed by atoms with Crippen molar-refractivity contribution in [2.75, 3.05) is 26.5 Å². The lowest BCUT2D eigenvalue weighted by atomic mass is 10.2. The number of rotatable bonds is 4. The van der Waals surface area contributed by atoms with E-state index in [-0.39, 0.29) is 10.8 Å². The molecule has 0 atom stereocenters. The highest BCUT2D eigenvalue weighted by Gasteiger charge is 2.22. The molecule has 0 fully saturated rings. The second kappa shape index (κ2) is 5.58. The molecule has 0 aliphatic rings. The summed E-state index contributed by atoms with van der Waals surface area (Å²) in [6.45, 7) is 3.04. The zero-order valence-corrected chi connectivity index (χ0v) is 12.5. The molecule has 1 N–H and O–H groups in total. The molecular formula is C12H18N2O4S. The monoisotopic (exact) mass is 286 g/mol. The van der Waals surface area contributed by atoms with Crippen molar-refractivity contribution in [3.63, 3.8) is 0 Å². The Labute approximate surface area is 113 Å². The fraction of sp³-hybridized carbons (Fsp3) is 0.417. The van der Waals surface area contributed by atoms with Gasteiger partial charge in [0.1, 0.15) is 5.75 Å². The van der Waals surface area contributed by atoms with Crippen LogP contribution in [0.25, 0.3) is 0 Å². The first kappa shape index (κ1) is 15.5. The third kappa shape index (κ3) is 3.24. The summed E-state index contributed by atoms with van der Waals surface area (Å²) < 4.78 is 30.5. The third-order valence-corrected chi connectivity index (χ3v) is 4.52. The smallest absolute Gasteiger partial charge is 0.242 e. The van der Waals surface area contributed by atoms with E-state index in [9.17, 15) is 13.2 Å². The minimum Gasteiger partial charge on any atom is -0.495 e. The van der Waals surface area contributed by atoms with E-state index in [1.165, 1.54) is 34.2 Å². The summed E-state index contributed by atoms with van der Waals surface area (Å²) in [5.41, 5.74) is 0.989. The van der Waals surface area contributed by atoms with Crippen LogP contribution in [0.3, 0.4) is 0 Å². The number of benzene rings is 1. The number of amides is 1. The second-order valence-electron chi connectivity index (χ2n) is 4.29. The Kier molecular flexibility index (Phi) is 4.54. The van der Waals surface area contributed by atoms with E-state index in [0.717, 1.165) is 4.31 Å². The van der Waals surface area contributed by atoms with Gasteiger partial charge in [0.25, 0.3) is 0 Å². The summed E-state index contributed by atoms with van der Waals surface area (Å²) in [5.74, 6) is 0.0575. The highest BCUT2D eigenvalue weighted by atomic mass is 32.2. The van der Waals surface area contributed by atoms with Crippen LogP contribution in [0.1, 0.15) is 12.5 Å². The lowest BCUT2D eigenvalue weighted by molar-refractivity contribution is -0.114. The molecule has 6 nitrogen and oxygen atoms in total. The molecule has 0 saturated heterocycles. The van der Waals surface area contributed by atoms with E-state index in [1.807, 2.05) is 0 Å². The van der Waals surface area contributed by atoms with Crippen molar-refractivity contribution in [2.45, 2.75) is 18.7 Å². The van der Waals surface area contributed by atoms with E-state index in [0.29, 0.717) is 17.0 Å². The Morgan fingerprint density at radius 2 is 1.89 bits per heavy atom. The van der Waals surface area contributed by atoms with Gasteiger partial charge in [-0.1, -0.05) is 0 Å². The first-order valence-corrected chi connectivity index (χ1v) is 7.03. The molecule has 1 rings (SSSR count). The van der Waals surface area contributed by atoms with Crippen LogP contribution in [-0.4, -0.2) is 39.8 Å². The summed E-state index contributed by atoms with van der Waals surface area (Å²) in [5, 5.41) is 2.60. The number of hydrogen-bond acceptors (Lipinski definition) is 4. The number of hydrogen-bond donors (Lipinski definition) is 1. The highest BCUT2D eigenvalue weighted by molar-refractivity contribution is 7.89. The Morgan fingerprint density at radius 1 is 1.32 bits per heavy atom. The van der Waals surface area contributed by atoms with E-state index < -0.39 is 10.0 Å². The molecule has 0 aliphatic heterocycles. The molecule has 19 heavy (non-hydrogen) atoms. The first-order chi connectivity index (χ1) is 8.70. The minimum atomic E-state index is -3.54. The molecule has 0 aromatic heterocycles. The largest absolute Gasteiger partial charge is 0.495 e. The van der Waals surface area contributed by atoms with E-state index in [2.05, 4.69) is 5.32 Å². The summed E-state index contributed by atoms with van der Waals surface area (Å²) in [6, 6.07) is 2.99. The molecule has 106 valence electrons. The molecule has 1 aromatic rings. The number of ether oxygens (including phenoxy) is 1. The van der Waals surface area contributed by atoms with Crippen molar-refractivity contribution in [1.29, 1.82) is 0 Å². The van der Waals surface area contributed by atoms with Crippen molar-refractivity contribution < 1.29 is 17.9 Å². The average molecular weight is 286 g/mol. The molecule has 0 saturated carbocycles. The minimum absolute atomic E-state index is 0.156. The normalized spacial score (nSPS) is 11.5. The predicted octanol–water partition coefficient (Wildman–Crippen LogP) is 1.21. The van der Waals surface area contributed by atoms with Crippen molar-refractivity contribution >= 4 is 21.6 Å². The Balaban J connectivity index is 3.44. The number of aryl methyl sites for hydroxylation is 1. The number of carbonyl (C=O) groups excluding carboxylic acids is 1. The van der Waals surface area contributed by atoms with Crippen LogP contribution < -0.4 is 10.1 Å². The van der Waals surface area contributed by atoms with Gasteiger partial charge in [0.2, 0.25) is 15.9 Å². The van der Waals surface area contributed by atoms with Crippen LogP contribution in [0, 0.1) is 6.92 Å². The van der Waals surface area contributed by atoms with Gasteiger partial charge in [-0.25, -0.2) is 12.7 Å². The van der Waals surface area contributed by atoms with Crippen molar-refractivity contribution in [3.8, 4) is 5.75 Å². The lowest BCUT2D eigenvalue weighted by Crippen LogP contribution is -2.23. The maximum absolute atomic E-state index is 12.1.